The van der Waals surface area contributed by atoms with Crippen molar-refractivity contribution >= 4 is 38.3 Å². The van der Waals surface area contributed by atoms with Gasteiger partial charge in [-0.3, -0.25) is 4.98 Å². The maximum Gasteiger partial charge on any atom is 0.139 e. The highest BCUT2D eigenvalue weighted by Crippen LogP contribution is 2.37. The zero-order valence-electron chi connectivity index (χ0n) is 13.8. The van der Waals surface area contributed by atoms with E-state index in [4.69, 9.17) is 0 Å². The molecule has 0 spiro atoms. The number of hydrogen-bond donors (Lipinski definition) is 2. The highest BCUT2D eigenvalue weighted by atomic mass is 32.1. The van der Waals surface area contributed by atoms with Gasteiger partial charge < -0.3 is 10.3 Å². The summed E-state index contributed by atoms with van der Waals surface area (Å²) in [6.45, 7) is 0.623. The number of anilines is 1. The van der Waals surface area contributed by atoms with Gasteiger partial charge in [0.2, 0.25) is 0 Å². The molecule has 6 heteroatoms. The summed E-state index contributed by atoms with van der Waals surface area (Å²) in [5, 5.41) is 7.83. The number of nitrogens with one attached hydrogen (secondary N) is 2. The smallest absolute Gasteiger partial charge is 0.139 e. The van der Waals surface area contributed by atoms with Gasteiger partial charge in [0.25, 0.3) is 0 Å². The number of H-pyrrole nitrogens is 1. The second-order valence-corrected chi connectivity index (χ2v) is 6.86. The zero-order valence-corrected chi connectivity index (χ0v) is 14.6. The summed E-state index contributed by atoms with van der Waals surface area (Å²) in [5.41, 5.74) is 4.40. The lowest BCUT2D eigenvalue weighted by atomic mass is 10.0. The van der Waals surface area contributed by atoms with Crippen molar-refractivity contribution in [1.29, 1.82) is 0 Å². The monoisotopic (exact) mass is 357 g/mol. The average Bonchev–Trinajstić information content (AvgIpc) is 3.33. The van der Waals surface area contributed by atoms with E-state index in [0.29, 0.717) is 6.54 Å². The molecule has 0 radical (unpaired) electrons. The Balaban J connectivity index is 1.58. The average molecular weight is 357 g/mol. The predicted molar refractivity (Wildman–Crippen MR) is 106 cm³/mol. The van der Waals surface area contributed by atoms with Crippen molar-refractivity contribution in [2.75, 3.05) is 5.32 Å². The summed E-state index contributed by atoms with van der Waals surface area (Å²) in [4.78, 5) is 17.5. The van der Waals surface area contributed by atoms with E-state index in [1.54, 1.807) is 23.9 Å². The Labute approximate surface area is 153 Å². The molecular weight excluding hydrogens is 342 g/mol. The van der Waals surface area contributed by atoms with Crippen molar-refractivity contribution < 1.29 is 0 Å². The molecule has 0 bridgehead atoms. The summed E-state index contributed by atoms with van der Waals surface area (Å²) < 4.78 is 0. The molecule has 26 heavy (non-hydrogen) atoms. The molecule has 5 nitrogen and oxygen atoms in total. The largest absolute Gasteiger partial charge is 0.364 e. The van der Waals surface area contributed by atoms with Gasteiger partial charge in [-0.15, -0.1) is 11.3 Å². The van der Waals surface area contributed by atoms with Gasteiger partial charge in [0, 0.05) is 28.9 Å². The Morgan fingerprint density at radius 3 is 2.96 bits per heavy atom. The summed E-state index contributed by atoms with van der Waals surface area (Å²) in [7, 11) is 0. The lowest BCUT2D eigenvalue weighted by molar-refractivity contribution is 1.03. The second-order valence-electron chi connectivity index (χ2n) is 6.01. The number of benzene rings is 1. The molecule has 4 heterocycles. The molecular formula is C20H15N5S. The third-order valence-corrected chi connectivity index (χ3v) is 5.29. The molecule has 2 N–H and O–H groups in total. The zero-order chi connectivity index (χ0) is 17.3. The molecule has 5 rings (SSSR count). The van der Waals surface area contributed by atoms with E-state index < -0.39 is 0 Å². The second kappa shape index (κ2) is 6.24. The molecule has 0 fully saturated rings. The molecule has 0 amide bonds. The maximum atomic E-state index is 4.48. The standard InChI is InChI=1S/C20H15N5S/c1-2-7-21-15(3-1)10-23-19-18-16(11-26-20(18)25-12-24-19)14-5-4-13-6-8-22-17(13)9-14/h1-9,11-12,22H,10H2,(H,23,24,25). The minimum absolute atomic E-state index is 0.623. The molecule has 0 aliphatic rings. The van der Waals surface area contributed by atoms with Crippen LogP contribution >= 0.6 is 11.3 Å². The molecule has 0 unspecified atom stereocenters. The van der Waals surface area contributed by atoms with E-state index in [1.165, 1.54) is 5.39 Å². The highest BCUT2D eigenvalue weighted by molar-refractivity contribution is 7.17. The molecule has 0 aliphatic carbocycles. The van der Waals surface area contributed by atoms with Gasteiger partial charge in [-0.05, 0) is 35.2 Å². The van der Waals surface area contributed by atoms with Crippen LogP contribution in [0, 0.1) is 0 Å². The molecule has 0 aliphatic heterocycles. The molecule has 4 aromatic heterocycles. The number of pyridine rings is 1. The number of fused-ring (bicyclic) bond motifs is 2. The molecule has 1 aromatic carbocycles. The maximum absolute atomic E-state index is 4.48. The van der Waals surface area contributed by atoms with Crippen LogP contribution in [0.4, 0.5) is 5.82 Å². The first kappa shape index (κ1) is 15.0. The topological polar surface area (TPSA) is 66.5 Å². The lowest BCUT2D eigenvalue weighted by Gasteiger charge is -2.08. The van der Waals surface area contributed by atoms with Gasteiger partial charge in [0.05, 0.1) is 17.6 Å². The fourth-order valence-corrected chi connectivity index (χ4v) is 4.03. The van der Waals surface area contributed by atoms with Gasteiger partial charge in [0.15, 0.2) is 0 Å². The Morgan fingerprint density at radius 2 is 2.04 bits per heavy atom. The van der Waals surface area contributed by atoms with Gasteiger partial charge in [-0.2, -0.15) is 0 Å². The Kier molecular flexibility index (Phi) is 3.61. The Morgan fingerprint density at radius 1 is 1.04 bits per heavy atom. The predicted octanol–water partition coefficient (Wildman–Crippen LogP) is 4.85. The number of hydrogen-bond acceptors (Lipinski definition) is 5. The number of rotatable bonds is 4. The van der Waals surface area contributed by atoms with Crippen LogP contribution in [0.1, 0.15) is 5.69 Å². The first-order valence-electron chi connectivity index (χ1n) is 8.32. The summed E-state index contributed by atoms with van der Waals surface area (Å²) in [6, 6.07) is 14.4. The first-order chi connectivity index (χ1) is 12.9. The Bertz CT molecular complexity index is 1190. The van der Waals surface area contributed by atoms with Gasteiger partial charge >= 0.3 is 0 Å². The molecule has 0 saturated carbocycles. The summed E-state index contributed by atoms with van der Waals surface area (Å²) in [5.74, 6) is 0.837. The van der Waals surface area contributed by atoms with Gasteiger partial charge in [0.1, 0.15) is 17.0 Å². The summed E-state index contributed by atoms with van der Waals surface area (Å²) >= 11 is 1.64. The lowest BCUT2D eigenvalue weighted by Crippen LogP contribution is -2.03. The van der Waals surface area contributed by atoms with E-state index in [-0.39, 0.29) is 0 Å². The van der Waals surface area contributed by atoms with Crippen LogP contribution in [0.2, 0.25) is 0 Å². The Hall–Kier alpha value is -3.25. The number of aromatic nitrogens is 4. The van der Waals surface area contributed by atoms with Crippen molar-refractivity contribution in [3.05, 3.63) is 72.3 Å². The van der Waals surface area contributed by atoms with Crippen molar-refractivity contribution in [3.8, 4) is 11.1 Å². The normalized spacial score (nSPS) is 11.2. The number of aromatic amines is 1. The minimum Gasteiger partial charge on any atom is -0.364 e. The molecule has 126 valence electrons. The van der Waals surface area contributed by atoms with Crippen LogP contribution < -0.4 is 5.32 Å². The summed E-state index contributed by atoms with van der Waals surface area (Å²) in [6.07, 6.45) is 5.37. The fraction of sp³-hybridized carbons (Fsp3) is 0.0500. The first-order valence-corrected chi connectivity index (χ1v) is 9.20. The highest BCUT2D eigenvalue weighted by Gasteiger charge is 2.13. The molecule has 0 saturated heterocycles. The number of thiophene rings is 1. The van der Waals surface area contributed by atoms with Crippen LogP contribution in [0.5, 0.6) is 0 Å². The van der Waals surface area contributed by atoms with Crippen molar-refractivity contribution in [2.45, 2.75) is 6.54 Å². The van der Waals surface area contributed by atoms with Crippen LogP contribution in [-0.2, 0) is 6.54 Å². The third kappa shape index (κ3) is 2.60. The third-order valence-electron chi connectivity index (χ3n) is 4.40. The van der Waals surface area contributed by atoms with Crippen LogP contribution in [0.15, 0.2) is 66.6 Å². The number of nitrogens with zero attached hydrogens (tertiary/aromatic N) is 3. The quantitative estimate of drug-likeness (QED) is 0.483. The van der Waals surface area contributed by atoms with E-state index in [1.807, 2.05) is 24.4 Å². The minimum atomic E-state index is 0.623. The molecule has 0 atom stereocenters. The van der Waals surface area contributed by atoms with E-state index in [9.17, 15) is 0 Å². The van der Waals surface area contributed by atoms with Crippen LogP contribution in [-0.4, -0.2) is 19.9 Å². The van der Waals surface area contributed by atoms with Crippen molar-refractivity contribution in [1.82, 2.24) is 19.9 Å². The van der Waals surface area contributed by atoms with Gasteiger partial charge in [-0.1, -0.05) is 18.2 Å². The van der Waals surface area contributed by atoms with Gasteiger partial charge in [-0.25, -0.2) is 9.97 Å². The van der Waals surface area contributed by atoms with E-state index in [0.717, 1.165) is 38.4 Å². The van der Waals surface area contributed by atoms with E-state index in [2.05, 4.69) is 54.9 Å². The SMILES string of the molecule is c1ccc(CNc2ncnc3scc(-c4ccc5cc[nH]c5c4)c23)nc1. The van der Waals surface area contributed by atoms with Crippen LogP contribution in [0.3, 0.4) is 0 Å². The fourth-order valence-electron chi connectivity index (χ4n) is 3.11. The van der Waals surface area contributed by atoms with E-state index >= 15 is 0 Å². The molecule has 5 aromatic rings. The van der Waals surface area contributed by atoms with Crippen LogP contribution in [0.25, 0.3) is 32.2 Å². The van der Waals surface area contributed by atoms with Crippen molar-refractivity contribution in [2.24, 2.45) is 0 Å². The van der Waals surface area contributed by atoms with Crippen molar-refractivity contribution in [3.63, 3.8) is 0 Å².